The molecular formula is C25H17N3OS. The molecule has 5 heteroatoms. The summed E-state index contributed by atoms with van der Waals surface area (Å²) >= 11 is 1.39. The van der Waals surface area contributed by atoms with E-state index in [0.717, 1.165) is 16.8 Å². The average Bonchev–Trinajstić information content (AvgIpc) is 3.44. The second kappa shape index (κ2) is 6.99. The number of nitriles is 2. The summed E-state index contributed by atoms with van der Waals surface area (Å²) in [6, 6.07) is 24.5. The topological polar surface area (TPSA) is 67.9 Å². The van der Waals surface area contributed by atoms with Gasteiger partial charge in [-0.3, -0.25) is 4.79 Å². The molecule has 0 aliphatic carbocycles. The van der Waals surface area contributed by atoms with E-state index in [1.807, 2.05) is 89.2 Å². The summed E-state index contributed by atoms with van der Waals surface area (Å²) < 4.78 is 0. The number of hydrogen-bond donors (Lipinski definition) is 0. The third kappa shape index (κ3) is 2.46. The van der Waals surface area contributed by atoms with Crippen LogP contribution in [0.3, 0.4) is 0 Å². The lowest BCUT2D eigenvalue weighted by Crippen LogP contribution is -2.44. The van der Waals surface area contributed by atoms with E-state index in [4.69, 9.17) is 0 Å². The van der Waals surface area contributed by atoms with Crippen molar-refractivity contribution in [2.24, 2.45) is 5.41 Å². The third-order valence-electron chi connectivity index (χ3n) is 6.11. The highest BCUT2D eigenvalue weighted by molar-refractivity contribution is 7.12. The minimum atomic E-state index is -1.39. The minimum absolute atomic E-state index is 0.0543. The summed E-state index contributed by atoms with van der Waals surface area (Å²) in [6.45, 7) is 0. The van der Waals surface area contributed by atoms with E-state index in [2.05, 4.69) is 12.1 Å². The fourth-order valence-electron chi connectivity index (χ4n) is 4.83. The summed E-state index contributed by atoms with van der Waals surface area (Å²) in [5.41, 5.74) is 1.31. The molecule has 0 bridgehead atoms. The van der Waals surface area contributed by atoms with Gasteiger partial charge in [-0.05, 0) is 28.6 Å². The van der Waals surface area contributed by atoms with Crippen molar-refractivity contribution in [3.63, 3.8) is 0 Å². The Labute approximate surface area is 178 Å². The molecule has 2 aliphatic rings. The smallest absolute Gasteiger partial charge is 0.195 e. The van der Waals surface area contributed by atoms with Crippen molar-refractivity contribution in [3.05, 3.63) is 94.2 Å². The van der Waals surface area contributed by atoms with Crippen LogP contribution in [0.5, 0.6) is 0 Å². The van der Waals surface area contributed by atoms with Crippen LogP contribution in [0.4, 0.5) is 5.69 Å². The number of benzene rings is 2. The maximum absolute atomic E-state index is 13.8. The third-order valence-corrected chi connectivity index (χ3v) is 6.99. The summed E-state index contributed by atoms with van der Waals surface area (Å²) in [5, 5.41) is 22.5. The van der Waals surface area contributed by atoms with Crippen LogP contribution >= 0.6 is 11.3 Å². The molecule has 0 N–H and O–H groups in total. The normalized spacial score (nSPS) is 23.1. The summed E-state index contributed by atoms with van der Waals surface area (Å²) in [6.07, 6.45) is 3.87. The maximum Gasteiger partial charge on any atom is 0.195 e. The molecule has 0 amide bonds. The molecule has 4 nitrogen and oxygen atoms in total. The highest BCUT2D eigenvalue weighted by Gasteiger charge is 2.63. The zero-order valence-electron chi connectivity index (χ0n) is 16.0. The Bertz CT molecular complexity index is 1200. The molecule has 2 aromatic carbocycles. The zero-order chi connectivity index (χ0) is 20.7. The molecule has 0 radical (unpaired) electrons. The number of nitrogens with zero attached hydrogens (tertiary/aromatic N) is 3. The molecule has 0 unspecified atom stereocenters. The van der Waals surface area contributed by atoms with Crippen molar-refractivity contribution < 1.29 is 4.79 Å². The summed E-state index contributed by atoms with van der Waals surface area (Å²) in [5.74, 6) is -0.634. The number of thiophene rings is 1. The molecule has 0 spiro atoms. The molecule has 3 aromatic rings. The molecule has 1 saturated heterocycles. The Morgan fingerprint density at radius 2 is 1.70 bits per heavy atom. The number of para-hydroxylation sites is 1. The molecule has 1 fully saturated rings. The van der Waals surface area contributed by atoms with Gasteiger partial charge < -0.3 is 4.90 Å². The molecule has 5 rings (SSSR count). The van der Waals surface area contributed by atoms with Crippen LogP contribution in [0.25, 0.3) is 6.08 Å². The lowest BCUT2D eigenvalue weighted by Gasteiger charge is -2.35. The Morgan fingerprint density at radius 1 is 0.967 bits per heavy atom. The summed E-state index contributed by atoms with van der Waals surface area (Å²) in [4.78, 5) is 16.4. The quantitative estimate of drug-likeness (QED) is 0.571. The molecule has 144 valence electrons. The van der Waals surface area contributed by atoms with Crippen molar-refractivity contribution in [3.8, 4) is 12.1 Å². The second-order valence-corrected chi connectivity index (χ2v) is 8.49. The first kappa shape index (κ1) is 18.4. The van der Waals surface area contributed by atoms with E-state index in [0.29, 0.717) is 4.88 Å². The zero-order valence-corrected chi connectivity index (χ0v) is 16.8. The van der Waals surface area contributed by atoms with Gasteiger partial charge in [0.05, 0.1) is 23.1 Å². The predicted molar refractivity (Wildman–Crippen MR) is 117 cm³/mol. The van der Waals surface area contributed by atoms with Crippen molar-refractivity contribution in [2.45, 2.75) is 18.0 Å². The van der Waals surface area contributed by atoms with E-state index in [1.54, 1.807) is 0 Å². The van der Waals surface area contributed by atoms with Crippen molar-refractivity contribution in [1.29, 1.82) is 10.5 Å². The van der Waals surface area contributed by atoms with Crippen LogP contribution in [0.15, 0.2) is 78.2 Å². The van der Waals surface area contributed by atoms with E-state index in [9.17, 15) is 15.3 Å². The number of carbonyl (C=O) groups is 1. The molecular weight excluding hydrogens is 390 g/mol. The maximum atomic E-state index is 13.8. The van der Waals surface area contributed by atoms with Crippen LogP contribution in [0.2, 0.25) is 0 Å². The van der Waals surface area contributed by atoms with Gasteiger partial charge in [0.2, 0.25) is 0 Å². The molecule has 30 heavy (non-hydrogen) atoms. The largest absolute Gasteiger partial charge is 0.351 e. The van der Waals surface area contributed by atoms with Gasteiger partial charge in [-0.1, -0.05) is 66.7 Å². The van der Waals surface area contributed by atoms with Crippen LogP contribution < -0.4 is 4.90 Å². The second-order valence-electron chi connectivity index (χ2n) is 7.54. The van der Waals surface area contributed by atoms with E-state index in [-0.39, 0.29) is 5.78 Å². The molecule has 0 saturated carbocycles. The number of fused-ring (bicyclic) bond motifs is 3. The van der Waals surface area contributed by atoms with Crippen molar-refractivity contribution in [2.75, 3.05) is 4.90 Å². The van der Waals surface area contributed by atoms with Gasteiger partial charge in [-0.2, -0.15) is 10.5 Å². The van der Waals surface area contributed by atoms with Gasteiger partial charge in [0.15, 0.2) is 11.2 Å². The Hall–Kier alpha value is -3.67. The van der Waals surface area contributed by atoms with Crippen molar-refractivity contribution >= 4 is 28.9 Å². The van der Waals surface area contributed by atoms with Gasteiger partial charge in [0, 0.05) is 11.6 Å². The number of rotatable bonds is 3. The average molecular weight is 407 g/mol. The SMILES string of the molecule is N#CC1(C#N)[C@@H](c2ccccc2)[C@H](C(=O)c2cccs2)N2c3ccccc3C=C[C@@H]21. The lowest BCUT2D eigenvalue weighted by atomic mass is 9.69. The minimum Gasteiger partial charge on any atom is -0.351 e. The number of hydrogen-bond acceptors (Lipinski definition) is 5. The van der Waals surface area contributed by atoms with Crippen LogP contribution in [0, 0.1) is 28.1 Å². The van der Waals surface area contributed by atoms with E-state index in [1.165, 1.54) is 11.3 Å². The molecule has 2 aliphatic heterocycles. The number of anilines is 1. The first-order chi connectivity index (χ1) is 14.7. The van der Waals surface area contributed by atoms with Crippen LogP contribution in [0.1, 0.15) is 26.7 Å². The fourth-order valence-corrected chi connectivity index (χ4v) is 5.53. The predicted octanol–water partition coefficient (Wildman–Crippen LogP) is 5.03. The Kier molecular flexibility index (Phi) is 4.28. The standard InChI is InChI=1S/C25H17N3OS/c26-15-25(16-27)21-13-12-17-7-4-5-10-19(17)28(21)23(24(29)20-11-6-14-30-20)22(25)18-8-2-1-3-9-18/h1-14,21-23H/t21-,22+,23-/m1/s1. The van der Waals surface area contributed by atoms with Crippen molar-refractivity contribution in [1.82, 2.24) is 0 Å². The van der Waals surface area contributed by atoms with Gasteiger partial charge in [0.1, 0.15) is 6.04 Å². The van der Waals surface area contributed by atoms with E-state index >= 15 is 0 Å². The van der Waals surface area contributed by atoms with Crippen LogP contribution in [-0.4, -0.2) is 17.9 Å². The number of carbonyl (C=O) groups excluding carboxylic acids is 1. The Morgan fingerprint density at radius 3 is 2.40 bits per heavy atom. The first-order valence-electron chi connectivity index (χ1n) is 9.72. The molecule has 3 atom stereocenters. The monoisotopic (exact) mass is 407 g/mol. The van der Waals surface area contributed by atoms with E-state index < -0.39 is 23.4 Å². The van der Waals surface area contributed by atoms with Gasteiger partial charge >= 0.3 is 0 Å². The first-order valence-corrected chi connectivity index (χ1v) is 10.6. The fraction of sp³-hybridized carbons (Fsp3) is 0.160. The number of Topliss-reactive ketones (excluding diaryl/α,β-unsaturated/α-hetero) is 1. The molecule has 1 aromatic heterocycles. The highest BCUT2D eigenvalue weighted by Crippen LogP contribution is 2.55. The molecule has 3 heterocycles. The van der Waals surface area contributed by atoms with Gasteiger partial charge in [-0.15, -0.1) is 11.3 Å². The van der Waals surface area contributed by atoms with Gasteiger partial charge in [0.25, 0.3) is 0 Å². The highest BCUT2D eigenvalue weighted by atomic mass is 32.1. The van der Waals surface area contributed by atoms with Crippen LogP contribution in [-0.2, 0) is 0 Å². The van der Waals surface area contributed by atoms with Gasteiger partial charge in [-0.25, -0.2) is 0 Å². The number of ketones is 1. The summed E-state index contributed by atoms with van der Waals surface area (Å²) in [7, 11) is 0. The lowest BCUT2D eigenvalue weighted by molar-refractivity contribution is 0.0955. The Balaban J connectivity index is 1.80.